The molecule has 108 valence electrons. The van der Waals surface area contributed by atoms with Gasteiger partial charge in [-0.3, -0.25) is 4.68 Å². The van der Waals surface area contributed by atoms with E-state index in [2.05, 4.69) is 75.7 Å². The molecule has 0 saturated carbocycles. The number of fused-ring (bicyclic) bond motifs is 1. The summed E-state index contributed by atoms with van der Waals surface area (Å²) in [5.74, 6) is 0. The highest BCUT2D eigenvalue weighted by Gasteiger charge is 2.12. The van der Waals surface area contributed by atoms with Crippen LogP contribution < -0.4 is 5.32 Å². The molecule has 1 heterocycles. The van der Waals surface area contributed by atoms with Crippen molar-refractivity contribution < 1.29 is 0 Å². The number of halogens is 1. The van der Waals surface area contributed by atoms with E-state index < -0.39 is 0 Å². The highest BCUT2D eigenvalue weighted by molar-refractivity contribution is 9.10. The van der Waals surface area contributed by atoms with Crippen molar-refractivity contribution in [2.75, 3.05) is 5.32 Å². The van der Waals surface area contributed by atoms with Gasteiger partial charge in [-0.1, -0.05) is 43.3 Å². The lowest BCUT2D eigenvalue weighted by molar-refractivity contribution is 0.706. The molecule has 0 aliphatic carbocycles. The molecule has 0 radical (unpaired) electrons. The first-order valence-corrected chi connectivity index (χ1v) is 7.92. The van der Waals surface area contributed by atoms with Crippen molar-refractivity contribution in [2.24, 2.45) is 7.05 Å². The van der Waals surface area contributed by atoms with E-state index in [4.69, 9.17) is 0 Å². The Balaban J connectivity index is 1.89. The van der Waals surface area contributed by atoms with E-state index in [1.165, 1.54) is 16.5 Å². The Bertz CT molecular complexity index is 772. The molecule has 4 heteroatoms. The second-order valence-corrected chi connectivity index (χ2v) is 5.86. The normalized spacial score (nSPS) is 11.0. The number of hydrogen-bond donors (Lipinski definition) is 1. The fourth-order valence-electron chi connectivity index (χ4n) is 2.57. The van der Waals surface area contributed by atoms with E-state index in [1.807, 2.05) is 11.7 Å². The van der Waals surface area contributed by atoms with Crippen molar-refractivity contribution in [2.45, 2.75) is 19.9 Å². The molecule has 0 atom stereocenters. The lowest BCUT2D eigenvalue weighted by Gasteiger charge is -2.10. The van der Waals surface area contributed by atoms with Crippen LogP contribution in [0, 0.1) is 0 Å². The number of nitrogens with one attached hydrogen (secondary N) is 1. The maximum Gasteiger partial charge on any atom is 0.0767 e. The number of anilines is 1. The first-order valence-electron chi connectivity index (χ1n) is 7.12. The van der Waals surface area contributed by atoms with Gasteiger partial charge in [0.1, 0.15) is 0 Å². The Morgan fingerprint density at radius 1 is 1.14 bits per heavy atom. The largest absolute Gasteiger partial charge is 0.379 e. The molecule has 1 N–H and O–H groups in total. The summed E-state index contributed by atoms with van der Waals surface area (Å²) >= 11 is 3.66. The van der Waals surface area contributed by atoms with Crippen LogP contribution in [0.3, 0.4) is 0 Å². The van der Waals surface area contributed by atoms with Gasteiger partial charge in [-0.2, -0.15) is 5.10 Å². The lowest BCUT2D eigenvalue weighted by Crippen LogP contribution is -2.06. The molecule has 2 aromatic carbocycles. The molecule has 0 spiro atoms. The fraction of sp³-hybridized carbons (Fsp3) is 0.235. The minimum Gasteiger partial charge on any atom is -0.379 e. The number of aryl methyl sites for hydroxylation is 2. The Hall–Kier alpha value is -1.81. The summed E-state index contributed by atoms with van der Waals surface area (Å²) in [6, 6.07) is 14.8. The van der Waals surface area contributed by atoms with Crippen LogP contribution in [-0.2, 0) is 20.0 Å². The van der Waals surface area contributed by atoms with Gasteiger partial charge in [-0.25, -0.2) is 0 Å². The van der Waals surface area contributed by atoms with E-state index in [9.17, 15) is 0 Å². The average molecular weight is 344 g/mol. The maximum atomic E-state index is 4.53. The van der Waals surface area contributed by atoms with Crippen LogP contribution in [-0.4, -0.2) is 9.78 Å². The van der Waals surface area contributed by atoms with Crippen molar-refractivity contribution in [3.63, 3.8) is 0 Å². The highest BCUT2D eigenvalue weighted by Crippen LogP contribution is 2.26. The van der Waals surface area contributed by atoms with E-state index in [0.29, 0.717) is 0 Å². The Morgan fingerprint density at radius 3 is 2.67 bits per heavy atom. The standard InChI is InChI=1S/C17H18BrN3/c1-3-14-17(18)16(21(2)20-14)11-19-15-10-6-8-12-7-4-5-9-13(12)15/h4-10,19H,3,11H2,1-2H3. The zero-order chi connectivity index (χ0) is 14.8. The molecule has 0 aliphatic rings. The summed E-state index contributed by atoms with van der Waals surface area (Å²) in [7, 11) is 1.99. The Kier molecular flexibility index (Phi) is 3.97. The van der Waals surface area contributed by atoms with Crippen LogP contribution in [0.5, 0.6) is 0 Å². The average Bonchev–Trinajstić information content (AvgIpc) is 2.79. The summed E-state index contributed by atoms with van der Waals surface area (Å²) in [6.45, 7) is 2.87. The molecule has 3 rings (SSSR count). The molecule has 0 unspecified atom stereocenters. The third kappa shape index (κ3) is 2.68. The SMILES string of the molecule is CCc1nn(C)c(CNc2cccc3ccccc23)c1Br. The molecule has 0 amide bonds. The van der Waals surface area contributed by atoms with Crippen molar-refractivity contribution in [3.8, 4) is 0 Å². The highest BCUT2D eigenvalue weighted by atomic mass is 79.9. The summed E-state index contributed by atoms with van der Waals surface area (Å²) < 4.78 is 3.06. The summed E-state index contributed by atoms with van der Waals surface area (Å²) in [5.41, 5.74) is 3.42. The minimum atomic E-state index is 0.748. The van der Waals surface area contributed by atoms with Gasteiger partial charge >= 0.3 is 0 Å². The van der Waals surface area contributed by atoms with Gasteiger partial charge in [-0.15, -0.1) is 0 Å². The monoisotopic (exact) mass is 343 g/mol. The molecular formula is C17H18BrN3. The smallest absolute Gasteiger partial charge is 0.0767 e. The molecule has 1 aromatic heterocycles. The lowest BCUT2D eigenvalue weighted by atomic mass is 10.1. The predicted octanol–water partition coefficient (Wildman–Crippen LogP) is 4.51. The maximum absolute atomic E-state index is 4.53. The minimum absolute atomic E-state index is 0.748. The van der Waals surface area contributed by atoms with Crippen LogP contribution in [0.2, 0.25) is 0 Å². The van der Waals surface area contributed by atoms with Crippen LogP contribution in [0.25, 0.3) is 10.8 Å². The number of nitrogens with zero attached hydrogens (tertiary/aromatic N) is 2. The number of aromatic nitrogens is 2. The zero-order valence-corrected chi connectivity index (χ0v) is 13.8. The summed E-state index contributed by atoms with van der Waals surface area (Å²) in [5, 5.41) is 10.6. The molecule has 3 nitrogen and oxygen atoms in total. The Labute approximate surface area is 133 Å². The van der Waals surface area contributed by atoms with Gasteiger partial charge in [0, 0.05) is 18.1 Å². The molecule has 0 saturated heterocycles. The van der Waals surface area contributed by atoms with Gasteiger partial charge in [0.05, 0.1) is 22.4 Å². The fourth-order valence-corrected chi connectivity index (χ4v) is 3.33. The zero-order valence-electron chi connectivity index (χ0n) is 12.2. The second kappa shape index (κ2) is 5.90. The molecular weight excluding hydrogens is 326 g/mol. The molecule has 21 heavy (non-hydrogen) atoms. The van der Waals surface area contributed by atoms with Gasteiger partial charge in [-0.05, 0) is 33.8 Å². The number of hydrogen-bond acceptors (Lipinski definition) is 2. The molecule has 0 bridgehead atoms. The van der Waals surface area contributed by atoms with E-state index >= 15 is 0 Å². The summed E-state index contributed by atoms with van der Waals surface area (Å²) in [4.78, 5) is 0. The van der Waals surface area contributed by atoms with Crippen LogP contribution in [0.1, 0.15) is 18.3 Å². The first-order chi connectivity index (χ1) is 10.2. The van der Waals surface area contributed by atoms with Crippen molar-refractivity contribution >= 4 is 32.4 Å². The van der Waals surface area contributed by atoms with Crippen molar-refractivity contribution in [1.82, 2.24) is 9.78 Å². The van der Waals surface area contributed by atoms with Gasteiger partial charge in [0.15, 0.2) is 0 Å². The number of rotatable bonds is 4. The van der Waals surface area contributed by atoms with Crippen LogP contribution in [0.15, 0.2) is 46.9 Å². The third-order valence-electron chi connectivity index (χ3n) is 3.74. The Morgan fingerprint density at radius 2 is 1.90 bits per heavy atom. The molecule has 0 aliphatic heterocycles. The quantitative estimate of drug-likeness (QED) is 0.755. The van der Waals surface area contributed by atoms with E-state index in [1.54, 1.807) is 0 Å². The topological polar surface area (TPSA) is 29.9 Å². The second-order valence-electron chi connectivity index (χ2n) is 5.06. The predicted molar refractivity (Wildman–Crippen MR) is 91.6 cm³/mol. The van der Waals surface area contributed by atoms with Crippen LogP contribution in [0.4, 0.5) is 5.69 Å². The van der Waals surface area contributed by atoms with Gasteiger partial charge in [0.2, 0.25) is 0 Å². The third-order valence-corrected chi connectivity index (χ3v) is 4.65. The van der Waals surface area contributed by atoms with E-state index in [-0.39, 0.29) is 0 Å². The van der Waals surface area contributed by atoms with E-state index in [0.717, 1.165) is 28.8 Å². The van der Waals surface area contributed by atoms with Gasteiger partial charge < -0.3 is 5.32 Å². The number of benzene rings is 2. The van der Waals surface area contributed by atoms with Crippen molar-refractivity contribution in [1.29, 1.82) is 0 Å². The van der Waals surface area contributed by atoms with Gasteiger partial charge in [0.25, 0.3) is 0 Å². The van der Waals surface area contributed by atoms with Crippen LogP contribution >= 0.6 is 15.9 Å². The van der Waals surface area contributed by atoms with Crippen molar-refractivity contribution in [3.05, 3.63) is 58.3 Å². The molecule has 0 fully saturated rings. The first kappa shape index (κ1) is 14.1. The summed E-state index contributed by atoms with van der Waals surface area (Å²) in [6.07, 6.45) is 0.933. The molecule has 3 aromatic rings.